The quantitative estimate of drug-likeness (QED) is 0.604. The summed E-state index contributed by atoms with van der Waals surface area (Å²) in [6.07, 6.45) is 6.09. The van der Waals surface area contributed by atoms with Crippen molar-refractivity contribution >= 4 is 11.8 Å². The molecule has 2 bridgehead atoms. The highest BCUT2D eigenvalue weighted by Gasteiger charge is 2.42. The van der Waals surface area contributed by atoms with Crippen LogP contribution < -0.4 is 5.32 Å². The number of amides is 2. The molecule has 1 unspecified atom stereocenters. The third kappa shape index (κ3) is 5.31. The van der Waals surface area contributed by atoms with Crippen LogP contribution in [0.25, 0.3) is 0 Å². The van der Waals surface area contributed by atoms with E-state index in [9.17, 15) is 14.0 Å². The first kappa shape index (κ1) is 25.9. The molecule has 4 heterocycles. The van der Waals surface area contributed by atoms with Crippen molar-refractivity contribution in [3.8, 4) is 0 Å². The Morgan fingerprint density at radius 2 is 1.89 bits per heavy atom. The predicted molar refractivity (Wildman–Crippen MR) is 140 cm³/mol. The molecule has 2 aromatic rings. The van der Waals surface area contributed by atoms with Gasteiger partial charge in [0.25, 0.3) is 0 Å². The largest absolute Gasteiger partial charge is 0.349 e. The number of hydrogen-bond donors (Lipinski definition) is 1. The van der Waals surface area contributed by atoms with Crippen molar-refractivity contribution < 1.29 is 14.0 Å². The van der Waals surface area contributed by atoms with Gasteiger partial charge in [-0.15, -0.1) is 0 Å². The van der Waals surface area contributed by atoms with Crippen LogP contribution in [0.15, 0.2) is 24.3 Å². The number of halogens is 1. The maximum Gasteiger partial charge on any atom is 0.225 e. The minimum Gasteiger partial charge on any atom is -0.349 e. The summed E-state index contributed by atoms with van der Waals surface area (Å²) in [5.74, 6) is 0.922. The molecule has 0 radical (unpaired) electrons. The van der Waals surface area contributed by atoms with Gasteiger partial charge in [-0.05, 0) is 56.7 Å². The Hall–Kier alpha value is -2.74. The Kier molecular flexibility index (Phi) is 7.39. The number of hydrogen-bond acceptors (Lipinski definition) is 4. The van der Waals surface area contributed by atoms with E-state index < -0.39 is 0 Å². The highest BCUT2D eigenvalue weighted by molar-refractivity contribution is 5.78. The zero-order valence-electron chi connectivity index (χ0n) is 22.5. The van der Waals surface area contributed by atoms with Crippen molar-refractivity contribution in [3.63, 3.8) is 0 Å². The second kappa shape index (κ2) is 10.6. The van der Waals surface area contributed by atoms with E-state index in [1.54, 1.807) is 6.07 Å². The summed E-state index contributed by atoms with van der Waals surface area (Å²) in [6.45, 7) is 9.86. The average Bonchev–Trinajstić information content (AvgIpc) is 3.30. The molecular weight excluding hydrogens is 469 g/mol. The van der Waals surface area contributed by atoms with Gasteiger partial charge in [-0.1, -0.05) is 26.0 Å². The molecule has 3 aliphatic heterocycles. The van der Waals surface area contributed by atoms with Crippen LogP contribution in [0.4, 0.5) is 4.39 Å². The van der Waals surface area contributed by atoms with Crippen molar-refractivity contribution in [2.75, 3.05) is 13.1 Å². The number of carbonyl (C=O) groups is 2. The summed E-state index contributed by atoms with van der Waals surface area (Å²) in [5, 5.41) is 3.03. The van der Waals surface area contributed by atoms with Gasteiger partial charge in [0.1, 0.15) is 11.6 Å². The van der Waals surface area contributed by atoms with Crippen LogP contribution in [0.1, 0.15) is 87.7 Å². The van der Waals surface area contributed by atoms with Gasteiger partial charge in [0.2, 0.25) is 11.8 Å². The third-order valence-corrected chi connectivity index (χ3v) is 8.56. The van der Waals surface area contributed by atoms with E-state index in [-0.39, 0.29) is 29.6 Å². The van der Waals surface area contributed by atoms with Crippen molar-refractivity contribution in [1.29, 1.82) is 0 Å². The first-order chi connectivity index (χ1) is 17.7. The fraction of sp³-hybridized carbons (Fsp3) is 0.621. The van der Waals surface area contributed by atoms with E-state index in [1.807, 2.05) is 24.8 Å². The summed E-state index contributed by atoms with van der Waals surface area (Å²) in [6, 6.07) is 7.74. The molecule has 0 aliphatic carbocycles. The van der Waals surface area contributed by atoms with Crippen LogP contribution in [0.5, 0.6) is 0 Å². The number of carbonyl (C=O) groups excluding carboxylic acids is 2. The number of imidazole rings is 1. The van der Waals surface area contributed by atoms with Gasteiger partial charge < -0.3 is 14.8 Å². The summed E-state index contributed by atoms with van der Waals surface area (Å²) < 4.78 is 16.3. The monoisotopic (exact) mass is 509 g/mol. The van der Waals surface area contributed by atoms with Crippen LogP contribution >= 0.6 is 0 Å². The van der Waals surface area contributed by atoms with Crippen molar-refractivity contribution in [2.45, 2.75) is 96.9 Å². The molecule has 3 aliphatic rings. The first-order valence-electron chi connectivity index (χ1n) is 13.8. The molecule has 2 fully saturated rings. The van der Waals surface area contributed by atoms with Gasteiger partial charge in [0.15, 0.2) is 0 Å². The van der Waals surface area contributed by atoms with Crippen LogP contribution in [0.2, 0.25) is 0 Å². The lowest BCUT2D eigenvalue weighted by Gasteiger charge is -2.41. The number of benzene rings is 1. The zero-order valence-corrected chi connectivity index (χ0v) is 22.5. The normalized spacial score (nSPS) is 24.3. The van der Waals surface area contributed by atoms with E-state index in [1.165, 1.54) is 37.6 Å². The van der Waals surface area contributed by atoms with Crippen LogP contribution in [-0.4, -0.2) is 56.3 Å². The molecule has 4 atom stereocenters. The topological polar surface area (TPSA) is 70.5 Å². The highest BCUT2D eigenvalue weighted by atomic mass is 19.1. The molecule has 200 valence electrons. The fourth-order valence-corrected chi connectivity index (χ4v) is 6.94. The summed E-state index contributed by atoms with van der Waals surface area (Å²) >= 11 is 0. The van der Waals surface area contributed by atoms with E-state index in [4.69, 9.17) is 4.98 Å². The summed E-state index contributed by atoms with van der Waals surface area (Å²) in [4.78, 5) is 34.1. The number of piperidine rings is 1. The van der Waals surface area contributed by atoms with Crippen LogP contribution in [0.3, 0.4) is 0 Å². The molecule has 1 N–H and O–H groups in total. The molecule has 7 nitrogen and oxygen atoms in total. The number of nitrogens with zero attached hydrogens (tertiary/aromatic N) is 4. The lowest BCUT2D eigenvalue weighted by molar-refractivity contribution is -0.135. The Morgan fingerprint density at radius 1 is 1.16 bits per heavy atom. The summed E-state index contributed by atoms with van der Waals surface area (Å²) in [7, 11) is 0. The van der Waals surface area contributed by atoms with E-state index in [0.717, 1.165) is 55.9 Å². The van der Waals surface area contributed by atoms with Crippen LogP contribution in [-0.2, 0) is 22.6 Å². The number of aryl methyl sites for hydroxylation is 1. The molecule has 37 heavy (non-hydrogen) atoms. The molecule has 1 aromatic heterocycles. The standard InChI is InChI=1S/C29H40FN5O2/c1-18(2)29(37)33-12-10-27-28(17-33)35(19(3)31-27)25-15-23-8-9-24(16-25)34(23)13-11-26(32-20(4)36)21-6-5-7-22(30)14-21/h5-7,14,18,23-26H,8-13,15-17H2,1-4H3,(H,32,36)/t23-,24+,25?,26-/m0/s1. The molecule has 5 rings (SSSR count). The Labute approximate surface area is 219 Å². The number of fused-ring (bicyclic) bond motifs is 3. The van der Waals surface area contributed by atoms with E-state index in [2.05, 4.69) is 21.7 Å². The van der Waals surface area contributed by atoms with E-state index in [0.29, 0.717) is 24.7 Å². The Balaban J connectivity index is 1.29. The smallest absolute Gasteiger partial charge is 0.225 e. The van der Waals surface area contributed by atoms with Gasteiger partial charge >= 0.3 is 0 Å². The number of nitrogens with one attached hydrogen (secondary N) is 1. The van der Waals surface area contributed by atoms with Gasteiger partial charge in [0, 0.05) is 50.5 Å². The molecule has 2 amide bonds. The fourth-order valence-electron chi connectivity index (χ4n) is 6.94. The maximum atomic E-state index is 13.9. The maximum absolute atomic E-state index is 13.9. The van der Waals surface area contributed by atoms with Crippen molar-refractivity contribution in [2.24, 2.45) is 5.92 Å². The van der Waals surface area contributed by atoms with Crippen LogP contribution in [0, 0.1) is 18.7 Å². The second-order valence-electron chi connectivity index (χ2n) is 11.4. The molecule has 1 aromatic carbocycles. The van der Waals surface area contributed by atoms with Crippen molar-refractivity contribution in [3.05, 3.63) is 52.9 Å². The molecule has 0 saturated carbocycles. The third-order valence-electron chi connectivity index (χ3n) is 8.56. The second-order valence-corrected chi connectivity index (χ2v) is 11.4. The number of aromatic nitrogens is 2. The summed E-state index contributed by atoms with van der Waals surface area (Å²) in [5.41, 5.74) is 3.21. The highest BCUT2D eigenvalue weighted by Crippen LogP contribution is 2.43. The van der Waals surface area contributed by atoms with Gasteiger partial charge in [-0.25, -0.2) is 9.37 Å². The lowest BCUT2D eigenvalue weighted by Crippen LogP contribution is -2.45. The predicted octanol–water partition coefficient (Wildman–Crippen LogP) is 4.31. The SMILES string of the molecule is CC(=O)N[C@@H](CCN1[C@@H]2CC[C@H]1CC(n1c(C)nc3c1CN(C(=O)C(C)C)CC3)C2)c1cccc(F)c1. The lowest BCUT2D eigenvalue weighted by atomic mass is 9.95. The minimum absolute atomic E-state index is 0.00629. The first-order valence-corrected chi connectivity index (χ1v) is 13.8. The van der Waals surface area contributed by atoms with Gasteiger partial charge in [0.05, 0.1) is 24.0 Å². The average molecular weight is 510 g/mol. The Morgan fingerprint density at radius 3 is 2.54 bits per heavy atom. The molecule has 8 heteroatoms. The molecule has 2 saturated heterocycles. The zero-order chi connectivity index (χ0) is 26.3. The molecule has 0 spiro atoms. The number of rotatable bonds is 7. The minimum atomic E-state index is -0.276. The molecular formula is C29H40FN5O2. The Bertz CT molecular complexity index is 1150. The van der Waals surface area contributed by atoms with Crippen molar-refractivity contribution in [1.82, 2.24) is 24.7 Å². The van der Waals surface area contributed by atoms with Gasteiger partial charge in [-0.2, -0.15) is 0 Å². The van der Waals surface area contributed by atoms with E-state index >= 15 is 0 Å². The van der Waals surface area contributed by atoms with Gasteiger partial charge in [-0.3, -0.25) is 14.5 Å².